The van der Waals surface area contributed by atoms with Crippen molar-refractivity contribution < 1.29 is 18.7 Å². The van der Waals surface area contributed by atoms with E-state index in [2.05, 4.69) is 10.3 Å². The van der Waals surface area contributed by atoms with Crippen molar-refractivity contribution in [3.05, 3.63) is 42.1 Å². The molecular weight excluding hydrogens is 272 g/mol. The molecule has 6 heteroatoms. The summed E-state index contributed by atoms with van der Waals surface area (Å²) in [6.07, 6.45) is 2.00. The lowest BCUT2D eigenvalue weighted by Crippen LogP contribution is -2.13. The van der Waals surface area contributed by atoms with Gasteiger partial charge >= 0.3 is 6.09 Å². The van der Waals surface area contributed by atoms with Gasteiger partial charge in [-0.1, -0.05) is 13.0 Å². The minimum atomic E-state index is -0.491. The van der Waals surface area contributed by atoms with Crippen LogP contribution < -0.4 is 10.1 Å². The van der Waals surface area contributed by atoms with Crippen molar-refractivity contribution in [3.8, 4) is 5.75 Å². The number of hydrogen-bond donors (Lipinski definition) is 1. The van der Waals surface area contributed by atoms with Gasteiger partial charge in [0.15, 0.2) is 6.61 Å². The Morgan fingerprint density at radius 1 is 1.38 bits per heavy atom. The monoisotopic (exact) mass is 290 g/mol. The highest BCUT2D eigenvalue weighted by Crippen LogP contribution is 2.19. The molecule has 0 unspecified atom stereocenters. The normalized spacial score (nSPS) is 10.2. The van der Waals surface area contributed by atoms with Crippen molar-refractivity contribution in [2.45, 2.75) is 26.9 Å². The van der Waals surface area contributed by atoms with Crippen LogP contribution in [0, 0.1) is 0 Å². The van der Waals surface area contributed by atoms with Gasteiger partial charge in [0.25, 0.3) is 0 Å². The summed E-state index contributed by atoms with van der Waals surface area (Å²) in [5.74, 6) is 1.96. The van der Waals surface area contributed by atoms with Gasteiger partial charge in [0.1, 0.15) is 11.5 Å². The second-order valence-corrected chi connectivity index (χ2v) is 4.24. The average Bonchev–Trinajstić information content (AvgIpc) is 2.94. The Balaban J connectivity index is 1.92. The van der Waals surface area contributed by atoms with Crippen LogP contribution >= 0.6 is 0 Å². The number of anilines is 1. The van der Waals surface area contributed by atoms with Crippen LogP contribution in [0.25, 0.3) is 0 Å². The first-order chi connectivity index (χ1) is 10.2. The second-order valence-electron chi connectivity index (χ2n) is 4.24. The van der Waals surface area contributed by atoms with Gasteiger partial charge < -0.3 is 13.9 Å². The Kier molecular flexibility index (Phi) is 5.20. The van der Waals surface area contributed by atoms with Gasteiger partial charge in [-0.2, -0.15) is 0 Å². The van der Waals surface area contributed by atoms with E-state index in [-0.39, 0.29) is 6.61 Å². The number of aryl methyl sites for hydroxylation is 1. The van der Waals surface area contributed by atoms with Crippen LogP contribution in [-0.2, 0) is 17.8 Å². The van der Waals surface area contributed by atoms with E-state index in [1.807, 2.05) is 6.92 Å². The quantitative estimate of drug-likeness (QED) is 0.882. The van der Waals surface area contributed by atoms with E-state index in [0.717, 1.165) is 12.2 Å². The number of rotatable bonds is 6. The predicted octanol–water partition coefficient (Wildman–Crippen LogP) is 3.38. The number of oxazole rings is 1. The zero-order valence-electron chi connectivity index (χ0n) is 12.1. The van der Waals surface area contributed by atoms with E-state index in [1.54, 1.807) is 37.4 Å². The fourth-order valence-electron chi connectivity index (χ4n) is 1.67. The molecule has 0 aliphatic carbocycles. The van der Waals surface area contributed by atoms with Crippen LogP contribution in [0.2, 0.25) is 0 Å². The summed E-state index contributed by atoms with van der Waals surface area (Å²) in [7, 11) is 0. The summed E-state index contributed by atoms with van der Waals surface area (Å²) in [5.41, 5.74) is 0.604. The van der Waals surface area contributed by atoms with Gasteiger partial charge in [-0.15, -0.1) is 0 Å². The highest BCUT2D eigenvalue weighted by Gasteiger charge is 2.05. The molecule has 0 spiro atoms. The van der Waals surface area contributed by atoms with Gasteiger partial charge in [0.2, 0.25) is 5.89 Å². The molecule has 1 N–H and O–H groups in total. The van der Waals surface area contributed by atoms with Gasteiger partial charge in [-0.3, -0.25) is 5.32 Å². The lowest BCUT2D eigenvalue weighted by Gasteiger charge is -2.08. The summed E-state index contributed by atoms with van der Waals surface area (Å²) < 4.78 is 15.9. The molecule has 0 fully saturated rings. The molecule has 0 bridgehead atoms. The van der Waals surface area contributed by atoms with Crippen LogP contribution in [0.3, 0.4) is 0 Å². The third-order valence-electron chi connectivity index (χ3n) is 2.67. The standard InChI is InChI=1S/C15H18N2O4/c1-3-12-9-16-14(21-12)10-20-13-7-5-6-11(8-13)17-15(18)19-4-2/h5-9H,3-4,10H2,1-2H3,(H,17,18). The molecule has 1 aromatic carbocycles. The van der Waals surface area contributed by atoms with Gasteiger partial charge in [0, 0.05) is 18.2 Å². The van der Waals surface area contributed by atoms with E-state index >= 15 is 0 Å². The number of carbonyl (C=O) groups excluding carboxylic acids is 1. The largest absolute Gasteiger partial charge is 0.484 e. The highest BCUT2D eigenvalue weighted by molar-refractivity contribution is 5.84. The third kappa shape index (κ3) is 4.52. The molecule has 2 aromatic rings. The minimum absolute atomic E-state index is 0.239. The molecule has 2 rings (SSSR count). The Bertz CT molecular complexity index is 595. The number of carbonyl (C=O) groups is 1. The van der Waals surface area contributed by atoms with Crippen LogP contribution in [0.15, 0.2) is 34.9 Å². The number of nitrogens with one attached hydrogen (secondary N) is 1. The molecule has 1 amide bonds. The van der Waals surface area contributed by atoms with E-state index in [9.17, 15) is 4.79 Å². The lowest BCUT2D eigenvalue weighted by atomic mass is 10.3. The average molecular weight is 290 g/mol. The predicted molar refractivity (Wildman–Crippen MR) is 77.3 cm³/mol. The molecule has 1 heterocycles. The molecule has 0 radical (unpaired) electrons. The van der Waals surface area contributed by atoms with Crippen molar-refractivity contribution >= 4 is 11.8 Å². The molecule has 21 heavy (non-hydrogen) atoms. The smallest absolute Gasteiger partial charge is 0.411 e. The third-order valence-corrected chi connectivity index (χ3v) is 2.67. The molecule has 1 aromatic heterocycles. The lowest BCUT2D eigenvalue weighted by molar-refractivity contribution is 0.168. The fourth-order valence-corrected chi connectivity index (χ4v) is 1.67. The summed E-state index contributed by atoms with van der Waals surface area (Å²) in [6, 6.07) is 7.04. The SMILES string of the molecule is CCOC(=O)Nc1cccc(OCc2ncc(CC)o2)c1. The number of nitrogens with zero attached hydrogens (tertiary/aromatic N) is 1. The van der Waals surface area contributed by atoms with E-state index in [4.69, 9.17) is 13.9 Å². The summed E-state index contributed by atoms with van der Waals surface area (Å²) in [6.45, 7) is 4.31. The first-order valence-electron chi connectivity index (χ1n) is 6.81. The second kappa shape index (κ2) is 7.33. The number of ether oxygens (including phenoxy) is 2. The molecular formula is C15H18N2O4. The molecule has 0 atom stereocenters. The summed E-state index contributed by atoms with van der Waals surface area (Å²) in [4.78, 5) is 15.5. The van der Waals surface area contributed by atoms with Crippen LogP contribution in [-0.4, -0.2) is 17.7 Å². The summed E-state index contributed by atoms with van der Waals surface area (Å²) in [5, 5.41) is 2.61. The summed E-state index contributed by atoms with van der Waals surface area (Å²) >= 11 is 0. The zero-order chi connectivity index (χ0) is 15.1. The molecule has 112 valence electrons. The van der Waals surface area contributed by atoms with Gasteiger partial charge in [-0.25, -0.2) is 9.78 Å². The fraction of sp³-hybridized carbons (Fsp3) is 0.333. The Morgan fingerprint density at radius 3 is 2.95 bits per heavy atom. The van der Waals surface area contributed by atoms with Crippen molar-refractivity contribution in [3.63, 3.8) is 0 Å². The van der Waals surface area contributed by atoms with Crippen molar-refractivity contribution in [2.75, 3.05) is 11.9 Å². The zero-order valence-corrected chi connectivity index (χ0v) is 12.1. The maximum absolute atomic E-state index is 11.3. The molecule has 0 aliphatic heterocycles. The Labute approximate surface area is 123 Å². The van der Waals surface area contributed by atoms with Gasteiger partial charge in [0.05, 0.1) is 12.8 Å². The van der Waals surface area contributed by atoms with Crippen LogP contribution in [0.5, 0.6) is 5.75 Å². The molecule has 0 aliphatic rings. The number of amides is 1. The number of hydrogen-bond acceptors (Lipinski definition) is 5. The Hall–Kier alpha value is -2.50. The Morgan fingerprint density at radius 2 is 2.24 bits per heavy atom. The van der Waals surface area contributed by atoms with Crippen molar-refractivity contribution in [2.24, 2.45) is 0 Å². The topological polar surface area (TPSA) is 73.6 Å². The molecule has 6 nitrogen and oxygen atoms in total. The number of benzene rings is 1. The van der Waals surface area contributed by atoms with Crippen molar-refractivity contribution in [1.29, 1.82) is 0 Å². The maximum Gasteiger partial charge on any atom is 0.411 e. The van der Waals surface area contributed by atoms with Gasteiger partial charge in [-0.05, 0) is 19.1 Å². The molecule has 0 saturated heterocycles. The van der Waals surface area contributed by atoms with Crippen LogP contribution in [0.1, 0.15) is 25.5 Å². The molecule has 0 saturated carbocycles. The van der Waals surface area contributed by atoms with Crippen molar-refractivity contribution in [1.82, 2.24) is 4.98 Å². The number of aromatic nitrogens is 1. The van der Waals surface area contributed by atoms with E-state index < -0.39 is 6.09 Å². The first kappa shape index (κ1) is 14.9. The van der Waals surface area contributed by atoms with Crippen LogP contribution in [0.4, 0.5) is 10.5 Å². The van der Waals surface area contributed by atoms with E-state index in [0.29, 0.717) is 23.9 Å². The minimum Gasteiger partial charge on any atom is -0.484 e. The first-order valence-corrected chi connectivity index (χ1v) is 6.81. The van der Waals surface area contributed by atoms with E-state index in [1.165, 1.54) is 0 Å². The maximum atomic E-state index is 11.3. The highest BCUT2D eigenvalue weighted by atomic mass is 16.5.